The lowest BCUT2D eigenvalue weighted by atomic mass is 10.1. The zero-order chi connectivity index (χ0) is 14.3. The summed E-state index contributed by atoms with van der Waals surface area (Å²) in [4.78, 5) is 31.4. The summed E-state index contributed by atoms with van der Waals surface area (Å²) in [6, 6.07) is 4.09. The van der Waals surface area contributed by atoms with Gasteiger partial charge in [0.2, 0.25) is 5.91 Å². The largest absolute Gasteiger partial charge is 0.355 e. The number of carbonyl (C=O) groups excluding carboxylic acids is 2. The van der Waals surface area contributed by atoms with Crippen LogP contribution in [0, 0.1) is 22.0 Å². The van der Waals surface area contributed by atoms with Crippen molar-refractivity contribution in [2.45, 2.75) is 13.3 Å². The van der Waals surface area contributed by atoms with E-state index < -0.39 is 4.92 Å². The molecule has 19 heavy (non-hydrogen) atoms. The summed E-state index contributed by atoms with van der Waals surface area (Å²) in [6.07, 6.45) is 0.938. The standard InChI is InChI=1S/C13H12N2O4/c1-10(17)14-7-3-2-4-12-6-5-11(9-16)8-13(12)15(18)19/h5-6,8-9H,3,7H2,1H3,(H,14,17). The molecule has 0 fully saturated rings. The molecule has 0 unspecified atom stereocenters. The topological polar surface area (TPSA) is 89.3 Å². The van der Waals surface area contributed by atoms with Gasteiger partial charge in [-0.15, -0.1) is 0 Å². The molecular formula is C13H12N2O4. The predicted octanol–water partition coefficient (Wildman–Crippen LogP) is 1.28. The van der Waals surface area contributed by atoms with Gasteiger partial charge in [0, 0.05) is 31.5 Å². The van der Waals surface area contributed by atoms with Crippen LogP contribution in [-0.4, -0.2) is 23.7 Å². The number of aldehydes is 1. The van der Waals surface area contributed by atoms with Crippen LogP contribution in [0.5, 0.6) is 0 Å². The van der Waals surface area contributed by atoms with Crippen LogP contribution in [0.2, 0.25) is 0 Å². The van der Waals surface area contributed by atoms with Crippen LogP contribution in [0.15, 0.2) is 18.2 Å². The van der Waals surface area contributed by atoms with E-state index in [-0.39, 0.29) is 22.7 Å². The Bertz CT molecular complexity index is 570. The highest BCUT2D eigenvalue weighted by molar-refractivity contribution is 5.77. The van der Waals surface area contributed by atoms with Gasteiger partial charge in [0.15, 0.2) is 0 Å². The monoisotopic (exact) mass is 260 g/mol. The van der Waals surface area contributed by atoms with Gasteiger partial charge in [0.05, 0.1) is 4.92 Å². The molecule has 1 amide bonds. The quantitative estimate of drug-likeness (QED) is 0.290. The van der Waals surface area contributed by atoms with Crippen molar-refractivity contribution in [3.8, 4) is 11.8 Å². The first-order valence-corrected chi connectivity index (χ1v) is 5.51. The Kier molecular flexibility index (Phi) is 5.23. The van der Waals surface area contributed by atoms with Crippen molar-refractivity contribution in [1.29, 1.82) is 0 Å². The van der Waals surface area contributed by atoms with E-state index in [1.807, 2.05) is 0 Å². The Hall–Kier alpha value is -2.68. The summed E-state index contributed by atoms with van der Waals surface area (Å²) in [5, 5.41) is 13.4. The van der Waals surface area contributed by atoms with E-state index in [2.05, 4.69) is 17.2 Å². The maximum absolute atomic E-state index is 10.8. The van der Waals surface area contributed by atoms with E-state index in [1.165, 1.54) is 25.1 Å². The number of nitro groups is 1. The molecule has 1 N–H and O–H groups in total. The van der Waals surface area contributed by atoms with Crippen LogP contribution in [0.3, 0.4) is 0 Å². The second-order valence-corrected chi connectivity index (χ2v) is 3.69. The first-order chi connectivity index (χ1) is 9.04. The third-order valence-electron chi connectivity index (χ3n) is 2.20. The number of amides is 1. The first-order valence-electron chi connectivity index (χ1n) is 5.51. The molecule has 0 atom stereocenters. The molecule has 98 valence electrons. The van der Waals surface area contributed by atoms with E-state index in [0.29, 0.717) is 19.3 Å². The van der Waals surface area contributed by atoms with Crippen LogP contribution >= 0.6 is 0 Å². The fourth-order valence-electron chi connectivity index (χ4n) is 1.34. The van der Waals surface area contributed by atoms with Gasteiger partial charge >= 0.3 is 0 Å². The maximum atomic E-state index is 10.8. The van der Waals surface area contributed by atoms with E-state index in [0.717, 1.165) is 0 Å². The van der Waals surface area contributed by atoms with E-state index in [1.54, 1.807) is 0 Å². The molecule has 0 aliphatic heterocycles. The van der Waals surface area contributed by atoms with Gasteiger partial charge in [0.1, 0.15) is 11.8 Å². The minimum absolute atomic E-state index is 0.150. The zero-order valence-corrected chi connectivity index (χ0v) is 10.3. The van der Waals surface area contributed by atoms with Crippen molar-refractivity contribution in [3.63, 3.8) is 0 Å². The zero-order valence-electron chi connectivity index (χ0n) is 10.3. The number of nitrogens with zero attached hydrogens (tertiary/aromatic N) is 1. The molecule has 1 aromatic carbocycles. The minimum Gasteiger partial charge on any atom is -0.355 e. The third-order valence-corrected chi connectivity index (χ3v) is 2.20. The molecule has 1 aromatic rings. The highest BCUT2D eigenvalue weighted by atomic mass is 16.6. The van der Waals surface area contributed by atoms with E-state index in [4.69, 9.17) is 0 Å². The first kappa shape index (κ1) is 14.4. The van der Waals surface area contributed by atoms with Gasteiger partial charge in [-0.1, -0.05) is 11.8 Å². The van der Waals surface area contributed by atoms with Crippen LogP contribution in [0.1, 0.15) is 29.3 Å². The van der Waals surface area contributed by atoms with Crippen LogP contribution in [-0.2, 0) is 4.79 Å². The average molecular weight is 260 g/mol. The third kappa shape index (κ3) is 4.60. The SMILES string of the molecule is CC(=O)NCCC#Cc1ccc(C=O)cc1[N+](=O)[O-]. The second-order valence-electron chi connectivity index (χ2n) is 3.69. The Morgan fingerprint density at radius 2 is 2.26 bits per heavy atom. The molecule has 0 saturated carbocycles. The number of hydrogen-bond donors (Lipinski definition) is 1. The molecule has 0 spiro atoms. The number of carbonyl (C=O) groups is 2. The minimum atomic E-state index is -0.579. The maximum Gasteiger partial charge on any atom is 0.285 e. The number of benzene rings is 1. The van der Waals surface area contributed by atoms with Crippen LogP contribution in [0.25, 0.3) is 0 Å². The summed E-state index contributed by atoms with van der Waals surface area (Å²) in [7, 11) is 0. The molecule has 0 heterocycles. The fourth-order valence-corrected chi connectivity index (χ4v) is 1.34. The number of rotatable bonds is 4. The normalized spacial score (nSPS) is 9.11. The molecule has 0 radical (unpaired) electrons. The van der Waals surface area contributed by atoms with Gasteiger partial charge in [-0.2, -0.15) is 0 Å². The molecule has 0 aliphatic carbocycles. The van der Waals surface area contributed by atoms with Gasteiger partial charge in [-0.25, -0.2) is 0 Å². The molecule has 0 bridgehead atoms. The summed E-state index contributed by atoms with van der Waals surface area (Å²) < 4.78 is 0. The second kappa shape index (κ2) is 6.91. The highest BCUT2D eigenvalue weighted by Gasteiger charge is 2.12. The molecule has 0 aromatic heterocycles. The lowest BCUT2D eigenvalue weighted by Crippen LogP contribution is -2.20. The Morgan fingerprint density at radius 3 is 2.84 bits per heavy atom. The Morgan fingerprint density at radius 1 is 1.53 bits per heavy atom. The van der Waals surface area contributed by atoms with E-state index >= 15 is 0 Å². The molecule has 6 heteroatoms. The van der Waals surface area contributed by atoms with Gasteiger partial charge in [0.25, 0.3) is 5.69 Å². The molecule has 0 aliphatic rings. The summed E-state index contributed by atoms with van der Waals surface area (Å²) in [6.45, 7) is 1.79. The molecule has 6 nitrogen and oxygen atoms in total. The fraction of sp³-hybridized carbons (Fsp3) is 0.231. The van der Waals surface area contributed by atoms with Crippen molar-refractivity contribution in [2.24, 2.45) is 0 Å². The Balaban J connectivity index is 2.83. The lowest BCUT2D eigenvalue weighted by Gasteiger charge is -1.97. The van der Waals surface area contributed by atoms with Crippen molar-refractivity contribution in [2.75, 3.05) is 6.54 Å². The molecule has 0 saturated heterocycles. The summed E-state index contributed by atoms with van der Waals surface area (Å²) in [5.74, 6) is 5.24. The van der Waals surface area contributed by atoms with Gasteiger partial charge in [-0.3, -0.25) is 19.7 Å². The van der Waals surface area contributed by atoms with Crippen LogP contribution in [0.4, 0.5) is 5.69 Å². The highest BCUT2D eigenvalue weighted by Crippen LogP contribution is 2.18. The van der Waals surface area contributed by atoms with Gasteiger partial charge in [-0.05, 0) is 12.1 Å². The molecular weight excluding hydrogens is 248 g/mol. The number of nitrogens with one attached hydrogen (secondary N) is 1. The van der Waals surface area contributed by atoms with Crippen molar-refractivity contribution >= 4 is 17.9 Å². The lowest BCUT2D eigenvalue weighted by molar-refractivity contribution is -0.385. The Labute approximate surface area is 110 Å². The van der Waals surface area contributed by atoms with Crippen molar-refractivity contribution in [3.05, 3.63) is 39.4 Å². The summed E-state index contributed by atoms with van der Waals surface area (Å²) >= 11 is 0. The van der Waals surface area contributed by atoms with Crippen molar-refractivity contribution < 1.29 is 14.5 Å². The molecule has 1 rings (SSSR count). The van der Waals surface area contributed by atoms with Crippen LogP contribution < -0.4 is 5.32 Å². The smallest absolute Gasteiger partial charge is 0.285 e. The number of nitro benzene ring substituents is 1. The average Bonchev–Trinajstić information content (AvgIpc) is 2.38. The predicted molar refractivity (Wildman–Crippen MR) is 68.7 cm³/mol. The van der Waals surface area contributed by atoms with Gasteiger partial charge < -0.3 is 5.32 Å². The summed E-state index contributed by atoms with van der Waals surface area (Å²) in [5.41, 5.74) is 0.283. The van der Waals surface area contributed by atoms with E-state index in [9.17, 15) is 19.7 Å². The number of hydrogen-bond acceptors (Lipinski definition) is 4. The van der Waals surface area contributed by atoms with Crippen molar-refractivity contribution in [1.82, 2.24) is 5.32 Å².